The van der Waals surface area contributed by atoms with Crippen LogP contribution in [0.15, 0.2) is 36.4 Å². The summed E-state index contributed by atoms with van der Waals surface area (Å²) in [5.74, 6) is -1.79. The maximum Gasteiger partial charge on any atom is 0.262 e. The van der Waals surface area contributed by atoms with E-state index in [0.29, 0.717) is 43.6 Å². The van der Waals surface area contributed by atoms with Gasteiger partial charge in [0.25, 0.3) is 11.8 Å². The summed E-state index contributed by atoms with van der Waals surface area (Å²) in [7, 11) is 1.41. The topological polar surface area (TPSA) is 69.0 Å². The van der Waals surface area contributed by atoms with Gasteiger partial charge in [-0.15, -0.1) is 0 Å². The molecule has 5 aromatic rings. The summed E-state index contributed by atoms with van der Waals surface area (Å²) >= 11 is 0. The molecule has 0 unspecified atom stereocenters. The largest absolute Gasteiger partial charge is 0.353 e. The Morgan fingerprint density at radius 1 is 0.750 bits per heavy atom. The van der Waals surface area contributed by atoms with Crippen molar-refractivity contribution in [3.05, 3.63) is 59.2 Å². The van der Waals surface area contributed by atoms with Crippen molar-refractivity contribution in [1.29, 1.82) is 0 Å². The molecule has 1 aliphatic heterocycles. The zero-order valence-corrected chi connectivity index (χ0v) is 14.5. The lowest BCUT2D eigenvalue weighted by atomic mass is 9.96. The number of carbonyl (C=O) groups is 2. The molecule has 2 aromatic heterocycles. The van der Waals surface area contributed by atoms with Crippen molar-refractivity contribution >= 4 is 55.4 Å². The SMILES string of the molecule is CN1C(=O)c2c(c3c4cc(F)ccc4[nH]c3c3[nH]c4ccc(F)cc4c23)C1=O. The molecule has 0 atom stereocenters. The lowest BCUT2D eigenvalue weighted by Gasteiger charge is -2.03. The van der Waals surface area contributed by atoms with E-state index in [1.165, 1.54) is 31.3 Å². The first-order valence-electron chi connectivity index (χ1n) is 8.66. The number of hydrogen-bond acceptors (Lipinski definition) is 2. The number of H-pyrrole nitrogens is 2. The lowest BCUT2D eigenvalue weighted by molar-refractivity contribution is 0.0694. The summed E-state index contributed by atoms with van der Waals surface area (Å²) in [4.78, 5) is 33.4. The summed E-state index contributed by atoms with van der Waals surface area (Å²) in [6, 6.07) is 8.54. The Labute approximate surface area is 155 Å². The third-order valence-corrected chi connectivity index (χ3v) is 5.56. The number of carbonyl (C=O) groups excluding carboxylic acids is 2. The van der Waals surface area contributed by atoms with E-state index in [1.54, 1.807) is 12.1 Å². The Bertz CT molecular complexity index is 1430. The first-order chi connectivity index (χ1) is 13.5. The number of halogens is 2. The van der Waals surface area contributed by atoms with Gasteiger partial charge < -0.3 is 9.97 Å². The molecule has 3 aromatic carbocycles. The third kappa shape index (κ3) is 1.64. The smallest absolute Gasteiger partial charge is 0.262 e. The van der Waals surface area contributed by atoms with Gasteiger partial charge in [0.15, 0.2) is 0 Å². The Balaban J connectivity index is 1.99. The minimum atomic E-state index is -0.456. The number of imide groups is 1. The summed E-state index contributed by atoms with van der Waals surface area (Å²) in [6.45, 7) is 0. The van der Waals surface area contributed by atoms with Crippen LogP contribution in [-0.2, 0) is 0 Å². The Morgan fingerprint density at radius 2 is 1.18 bits per heavy atom. The van der Waals surface area contributed by atoms with Crippen LogP contribution in [0.2, 0.25) is 0 Å². The second kappa shape index (κ2) is 4.75. The van der Waals surface area contributed by atoms with Crippen molar-refractivity contribution < 1.29 is 18.4 Å². The molecule has 6 rings (SSSR count). The first kappa shape index (κ1) is 15.3. The molecule has 0 bridgehead atoms. The molecule has 0 spiro atoms. The van der Waals surface area contributed by atoms with Crippen LogP contribution in [0.5, 0.6) is 0 Å². The average molecular weight is 375 g/mol. The molecule has 0 radical (unpaired) electrons. The predicted octanol–water partition coefficient (Wildman–Crippen LogP) is 4.46. The van der Waals surface area contributed by atoms with Crippen molar-refractivity contribution in [3.63, 3.8) is 0 Å². The number of amides is 2. The Hall–Kier alpha value is -3.74. The lowest BCUT2D eigenvalue weighted by Crippen LogP contribution is -2.24. The Kier molecular flexibility index (Phi) is 2.60. The van der Waals surface area contributed by atoms with Gasteiger partial charge in [-0.25, -0.2) is 8.78 Å². The molecule has 0 saturated heterocycles. The van der Waals surface area contributed by atoms with E-state index in [-0.39, 0.29) is 11.1 Å². The Morgan fingerprint density at radius 3 is 1.61 bits per heavy atom. The molecule has 2 N–H and O–H groups in total. The fourth-order valence-electron chi connectivity index (χ4n) is 4.33. The number of aromatic nitrogens is 2. The van der Waals surface area contributed by atoms with Crippen LogP contribution in [0.25, 0.3) is 43.6 Å². The van der Waals surface area contributed by atoms with E-state index >= 15 is 0 Å². The minimum absolute atomic E-state index is 0.219. The van der Waals surface area contributed by atoms with Gasteiger partial charge in [-0.05, 0) is 36.4 Å². The van der Waals surface area contributed by atoms with Gasteiger partial charge in [0.05, 0.1) is 22.2 Å². The number of hydrogen-bond donors (Lipinski definition) is 2. The summed E-state index contributed by atoms with van der Waals surface area (Å²) in [6.07, 6.45) is 0. The van der Waals surface area contributed by atoms with E-state index in [9.17, 15) is 18.4 Å². The number of aromatic amines is 2. The molecule has 0 fully saturated rings. The number of nitrogens with one attached hydrogen (secondary N) is 2. The molecular weight excluding hydrogens is 364 g/mol. The maximum absolute atomic E-state index is 13.9. The second-order valence-corrected chi connectivity index (χ2v) is 7.05. The van der Waals surface area contributed by atoms with Gasteiger partial charge in [0.1, 0.15) is 11.6 Å². The van der Waals surface area contributed by atoms with Crippen LogP contribution >= 0.6 is 0 Å². The molecule has 0 aliphatic carbocycles. The normalized spacial score (nSPS) is 14.3. The van der Waals surface area contributed by atoms with Crippen LogP contribution < -0.4 is 0 Å². The van der Waals surface area contributed by atoms with Crippen molar-refractivity contribution in [3.8, 4) is 0 Å². The van der Waals surface area contributed by atoms with E-state index in [4.69, 9.17) is 0 Å². The molecule has 7 heteroatoms. The molecule has 28 heavy (non-hydrogen) atoms. The molecular formula is C21H11F2N3O2. The highest BCUT2D eigenvalue weighted by atomic mass is 19.1. The zero-order chi connectivity index (χ0) is 19.3. The van der Waals surface area contributed by atoms with Gasteiger partial charge in [0, 0.05) is 39.6 Å². The predicted molar refractivity (Wildman–Crippen MR) is 102 cm³/mol. The van der Waals surface area contributed by atoms with Gasteiger partial charge in [-0.2, -0.15) is 0 Å². The van der Waals surface area contributed by atoms with Crippen LogP contribution in [0.1, 0.15) is 20.7 Å². The number of nitrogens with zero attached hydrogens (tertiary/aromatic N) is 1. The van der Waals surface area contributed by atoms with E-state index in [1.807, 2.05) is 0 Å². The van der Waals surface area contributed by atoms with E-state index in [0.717, 1.165) is 4.90 Å². The van der Waals surface area contributed by atoms with E-state index < -0.39 is 23.4 Å². The van der Waals surface area contributed by atoms with Crippen LogP contribution in [0.3, 0.4) is 0 Å². The highest BCUT2D eigenvalue weighted by Gasteiger charge is 2.39. The summed E-state index contributed by atoms with van der Waals surface area (Å²) in [5, 5.41) is 2.03. The quantitative estimate of drug-likeness (QED) is 0.393. The first-order valence-corrected chi connectivity index (χ1v) is 8.66. The third-order valence-electron chi connectivity index (χ3n) is 5.56. The van der Waals surface area contributed by atoms with Crippen molar-refractivity contribution in [2.24, 2.45) is 0 Å². The summed E-state index contributed by atoms with van der Waals surface area (Å²) in [5.41, 5.74) is 2.90. The van der Waals surface area contributed by atoms with Crippen molar-refractivity contribution in [2.75, 3.05) is 7.05 Å². The molecule has 1 aliphatic rings. The van der Waals surface area contributed by atoms with Crippen LogP contribution in [-0.4, -0.2) is 33.7 Å². The van der Waals surface area contributed by atoms with Gasteiger partial charge in [0.2, 0.25) is 0 Å². The van der Waals surface area contributed by atoms with Gasteiger partial charge in [-0.3, -0.25) is 14.5 Å². The highest BCUT2D eigenvalue weighted by Crippen LogP contribution is 2.43. The average Bonchev–Trinajstić information content (AvgIpc) is 3.29. The monoisotopic (exact) mass is 375 g/mol. The molecule has 5 nitrogen and oxygen atoms in total. The second-order valence-electron chi connectivity index (χ2n) is 7.05. The molecule has 0 saturated carbocycles. The van der Waals surface area contributed by atoms with E-state index in [2.05, 4.69) is 9.97 Å². The molecule has 2 amide bonds. The standard InChI is InChI=1S/C21H11F2N3O2/c1-26-20(27)16-14-10-6-8(22)2-4-12(10)24-18(14)19-15(17(16)21(26)28)11-7-9(23)3-5-13(11)25-19/h2-7,24-25H,1H3. The summed E-state index contributed by atoms with van der Waals surface area (Å²) < 4.78 is 27.9. The molecule has 136 valence electrons. The zero-order valence-electron chi connectivity index (χ0n) is 14.5. The molecule has 3 heterocycles. The fourth-order valence-corrected chi connectivity index (χ4v) is 4.33. The fraction of sp³-hybridized carbons (Fsp3) is 0.0476. The van der Waals surface area contributed by atoms with Gasteiger partial charge in [-0.1, -0.05) is 0 Å². The van der Waals surface area contributed by atoms with Crippen LogP contribution in [0.4, 0.5) is 8.78 Å². The van der Waals surface area contributed by atoms with Crippen LogP contribution in [0, 0.1) is 11.6 Å². The number of benzene rings is 3. The number of fused-ring (bicyclic) bond motifs is 10. The minimum Gasteiger partial charge on any atom is -0.353 e. The van der Waals surface area contributed by atoms with Crippen molar-refractivity contribution in [1.82, 2.24) is 14.9 Å². The maximum atomic E-state index is 13.9. The highest BCUT2D eigenvalue weighted by molar-refractivity contribution is 6.38. The van der Waals surface area contributed by atoms with Crippen molar-refractivity contribution in [2.45, 2.75) is 0 Å². The van der Waals surface area contributed by atoms with Gasteiger partial charge >= 0.3 is 0 Å². The number of rotatable bonds is 0.